The average Bonchev–Trinajstić information content (AvgIpc) is 2.72. The van der Waals surface area contributed by atoms with Crippen LogP contribution in [0.25, 0.3) is 0 Å². The van der Waals surface area contributed by atoms with Crippen molar-refractivity contribution in [3.8, 4) is 17.2 Å². The Morgan fingerprint density at radius 1 is 1.04 bits per heavy atom. The fourth-order valence-electron chi connectivity index (χ4n) is 4.16. The van der Waals surface area contributed by atoms with E-state index in [1.54, 1.807) is 14.2 Å². The van der Waals surface area contributed by atoms with Crippen molar-refractivity contribution in [2.75, 3.05) is 26.1 Å². The van der Waals surface area contributed by atoms with Gasteiger partial charge in [-0.15, -0.1) is 0 Å². The van der Waals surface area contributed by atoms with Crippen molar-refractivity contribution in [2.24, 2.45) is 0 Å². The number of hydrogen-bond donors (Lipinski definition) is 1. The first-order valence-corrected chi connectivity index (χ1v) is 9.68. The summed E-state index contributed by atoms with van der Waals surface area (Å²) < 4.78 is 16.6. The number of rotatable bonds is 5. The third kappa shape index (κ3) is 3.11. The third-order valence-electron chi connectivity index (χ3n) is 5.42. The van der Waals surface area contributed by atoms with Crippen LogP contribution >= 0.6 is 0 Å². The summed E-state index contributed by atoms with van der Waals surface area (Å²) in [4.78, 5) is 12.9. The molecule has 1 N–H and O–H groups in total. The summed E-state index contributed by atoms with van der Waals surface area (Å²) in [6.07, 6.45) is 2.35. The second-order valence-electron chi connectivity index (χ2n) is 7.02. The molecular weight excluding hydrogens is 354 g/mol. The standard InChI is InChI=1S/C23H25NO4/c1-4-28-15-10-8-14(9-11-15)22-16-12-20(26-2)21(27-3)13-18(16)24-17-6-5-7-19(25)23(17)22/h8-13,22,24H,4-7H2,1-3H3. The molecule has 2 aromatic carbocycles. The summed E-state index contributed by atoms with van der Waals surface area (Å²) in [6.45, 7) is 2.59. The topological polar surface area (TPSA) is 56.8 Å². The van der Waals surface area contributed by atoms with Gasteiger partial charge in [-0.3, -0.25) is 4.79 Å². The Bertz CT molecular complexity index is 930. The molecule has 1 heterocycles. The molecule has 1 aliphatic carbocycles. The van der Waals surface area contributed by atoms with Gasteiger partial charge in [-0.25, -0.2) is 0 Å². The number of methoxy groups -OCH3 is 2. The van der Waals surface area contributed by atoms with E-state index in [0.717, 1.165) is 46.7 Å². The first-order valence-electron chi connectivity index (χ1n) is 9.68. The number of allylic oxidation sites excluding steroid dienone is 2. The second kappa shape index (κ2) is 7.58. The molecule has 1 atom stereocenters. The van der Waals surface area contributed by atoms with E-state index in [1.807, 2.05) is 43.3 Å². The van der Waals surface area contributed by atoms with E-state index >= 15 is 0 Å². The molecule has 0 bridgehead atoms. The molecule has 146 valence electrons. The maximum Gasteiger partial charge on any atom is 0.162 e. The minimum atomic E-state index is -0.130. The molecule has 2 aliphatic rings. The predicted octanol–water partition coefficient (Wildman–Crippen LogP) is 4.67. The number of hydrogen-bond acceptors (Lipinski definition) is 5. The van der Waals surface area contributed by atoms with E-state index in [4.69, 9.17) is 14.2 Å². The van der Waals surface area contributed by atoms with Crippen molar-refractivity contribution in [1.29, 1.82) is 0 Å². The maximum atomic E-state index is 12.9. The van der Waals surface area contributed by atoms with Gasteiger partial charge >= 0.3 is 0 Å². The zero-order chi connectivity index (χ0) is 19.7. The SMILES string of the molecule is CCOc1ccc(C2C3=C(CCCC3=O)Nc3cc(OC)c(OC)cc32)cc1. The van der Waals surface area contributed by atoms with Crippen molar-refractivity contribution in [2.45, 2.75) is 32.1 Å². The molecule has 0 spiro atoms. The number of anilines is 1. The molecule has 0 saturated carbocycles. The Morgan fingerprint density at radius 2 is 1.75 bits per heavy atom. The first-order chi connectivity index (χ1) is 13.7. The maximum absolute atomic E-state index is 12.9. The van der Waals surface area contributed by atoms with Gasteiger partial charge in [0, 0.05) is 35.4 Å². The zero-order valence-corrected chi connectivity index (χ0v) is 16.5. The lowest BCUT2D eigenvalue weighted by Gasteiger charge is -2.34. The van der Waals surface area contributed by atoms with Crippen LogP contribution in [0, 0.1) is 0 Å². The Kier molecular flexibility index (Phi) is 4.99. The van der Waals surface area contributed by atoms with Crippen molar-refractivity contribution >= 4 is 11.5 Å². The Morgan fingerprint density at radius 3 is 2.43 bits per heavy atom. The number of fused-ring (bicyclic) bond motifs is 1. The molecule has 1 aliphatic heterocycles. The number of ketones is 1. The number of nitrogens with one attached hydrogen (secondary N) is 1. The summed E-state index contributed by atoms with van der Waals surface area (Å²) >= 11 is 0. The normalized spacial score (nSPS) is 18.1. The van der Waals surface area contributed by atoms with Gasteiger partial charge < -0.3 is 19.5 Å². The molecule has 4 rings (SSSR count). The third-order valence-corrected chi connectivity index (χ3v) is 5.42. The van der Waals surface area contributed by atoms with Crippen LogP contribution in [-0.2, 0) is 4.79 Å². The van der Waals surface area contributed by atoms with Crippen molar-refractivity contribution in [3.63, 3.8) is 0 Å². The quantitative estimate of drug-likeness (QED) is 0.818. The number of Topliss-reactive ketones (excluding diaryl/α,β-unsaturated/α-hetero) is 1. The van der Waals surface area contributed by atoms with Crippen LogP contribution in [0.2, 0.25) is 0 Å². The Hall–Kier alpha value is -2.95. The summed E-state index contributed by atoms with van der Waals surface area (Å²) in [5, 5.41) is 3.49. The van der Waals surface area contributed by atoms with E-state index in [1.165, 1.54) is 0 Å². The molecule has 5 heteroatoms. The highest BCUT2D eigenvalue weighted by Crippen LogP contribution is 2.48. The molecule has 0 fully saturated rings. The van der Waals surface area contributed by atoms with Gasteiger partial charge in [-0.05, 0) is 49.1 Å². The van der Waals surface area contributed by atoms with E-state index in [2.05, 4.69) is 5.32 Å². The molecule has 2 aromatic rings. The largest absolute Gasteiger partial charge is 0.494 e. The lowest BCUT2D eigenvalue weighted by Crippen LogP contribution is -2.27. The first kappa shape index (κ1) is 18.4. The lowest BCUT2D eigenvalue weighted by atomic mass is 9.75. The van der Waals surface area contributed by atoms with Crippen LogP contribution in [0.4, 0.5) is 5.69 Å². The highest BCUT2D eigenvalue weighted by molar-refractivity contribution is 6.01. The van der Waals surface area contributed by atoms with Gasteiger partial charge in [0.05, 0.1) is 20.8 Å². The van der Waals surface area contributed by atoms with Gasteiger partial charge in [0.25, 0.3) is 0 Å². The molecule has 28 heavy (non-hydrogen) atoms. The molecular formula is C23H25NO4. The average molecular weight is 379 g/mol. The van der Waals surface area contributed by atoms with Gasteiger partial charge in [0.1, 0.15) is 5.75 Å². The minimum absolute atomic E-state index is 0.130. The number of carbonyl (C=O) groups excluding carboxylic acids is 1. The summed E-state index contributed by atoms with van der Waals surface area (Å²) in [5.74, 6) is 2.25. The van der Waals surface area contributed by atoms with Gasteiger partial charge in [-0.1, -0.05) is 12.1 Å². The van der Waals surface area contributed by atoms with Gasteiger partial charge in [0.2, 0.25) is 0 Å². The van der Waals surface area contributed by atoms with E-state index in [9.17, 15) is 4.79 Å². The monoisotopic (exact) mass is 379 g/mol. The number of benzene rings is 2. The van der Waals surface area contributed by atoms with Crippen LogP contribution in [0.5, 0.6) is 17.2 Å². The summed E-state index contributed by atoms with van der Waals surface area (Å²) in [6, 6.07) is 12.0. The van der Waals surface area contributed by atoms with Crippen LogP contribution in [-0.4, -0.2) is 26.6 Å². The minimum Gasteiger partial charge on any atom is -0.494 e. The van der Waals surface area contributed by atoms with Crippen LogP contribution in [0.15, 0.2) is 47.7 Å². The van der Waals surface area contributed by atoms with Crippen molar-refractivity contribution < 1.29 is 19.0 Å². The molecule has 0 aromatic heterocycles. The van der Waals surface area contributed by atoms with Crippen LogP contribution < -0.4 is 19.5 Å². The zero-order valence-electron chi connectivity index (χ0n) is 16.5. The molecule has 0 saturated heterocycles. The molecule has 0 amide bonds. The lowest BCUT2D eigenvalue weighted by molar-refractivity contribution is -0.116. The highest BCUT2D eigenvalue weighted by atomic mass is 16.5. The molecule has 0 radical (unpaired) electrons. The predicted molar refractivity (Wildman–Crippen MR) is 109 cm³/mol. The van der Waals surface area contributed by atoms with Crippen LogP contribution in [0.1, 0.15) is 43.2 Å². The number of carbonyl (C=O) groups is 1. The van der Waals surface area contributed by atoms with Gasteiger partial charge in [0.15, 0.2) is 17.3 Å². The Balaban J connectivity index is 1.88. The van der Waals surface area contributed by atoms with E-state index in [-0.39, 0.29) is 11.7 Å². The highest BCUT2D eigenvalue weighted by Gasteiger charge is 2.35. The summed E-state index contributed by atoms with van der Waals surface area (Å²) in [5.41, 5.74) is 4.95. The van der Waals surface area contributed by atoms with E-state index < -0.39 is 0 Å². The van der Waals surface area contributed by atoms with Crippen molar-refractivity contribution in [3.05, 3.63) is 58.8 Å². The second-order valence-corrected chi connectivity index (χ2v) is 7.02. The van der Waals surface area contributed by atoms with E-state index in [0.29, 0.717) is 24.5 Å². The summed E-state index contributed by atoms with van der Waals surface area (Å²) in [7, 11) is 3.26. The van der Waals surface area contributed by atoms with Gasteiger partial charge in [-0.2, -0.15) is 0 Å². The number of ether oxygens (including phenoxy) is 3. The fourth-order valence-corrected chi connectivity index (χ4v) is 4.16. The van der Waals surface area contributed by atoms with Crippen LogP contribution in [0.3, 0.4) is 0 Å². The van der Waals surface area contributed by atoms with Crippen molar-refractivity contribution in [1.82, 2.24) is 0 Å². The smallest absolute Gasteiger partial charge is 0.162 e. The molecule has 1 unspecified atom stereocenters. The fraction of sp³-hybridized carbons (Fsp3) is 0.348. The molecule has 5 nitrogen and oxygen atoms in total. The Labute approximate surface area is 165 Å².